The van der Waals surface area contributed by atoms with Crippen LogP contribution in [0.3, 0.4) is 0 Å². The summed E-state index contributed by atoms with van der Waals surface area (Å²) in [4.78, 5) is 5.04. The van der Waals surface area contributed by atoms with Gasteiger partial charge in [0.2, 0.25) is 4.96 Å². The van der Waals surface area contributed by atoms with E-state index in [-0.39, 0.29) is 0 Å². The monoisotopic (exact) mass is 274 g/mol. The third kappa shape index (κ3) is 2.53. The number of aryl methyl sites for hydroxylation is 2. The molecule has 98 valence electrons. The number of fused-ring (bicyclic) bond motifs is 1. The van der Waals surface area contributed by atoms with Gasteiger partial charge in [0.05, 0.1) is 13.3 Å². The smallest absolute Gasteiger partial charge is 0.214 e. The van der Waals surface area contributed by atoms with Gasteiger partial charge in [-0.1, -0.05) is 23.5 Å². The Morgan fingerprint density at radius 2 is 2.26 bits per heavy atom. The molecule has 5 nitrogen and oxygen atoms in total. The van der Waals surface area contributed by atoms with Crippen LogP contribution in [0.15, 0.2) is 30.5 Å². The van der Waals surface area contributed by atoms with Crippen molar-refractivity contribution < 1.29 is 4.74 Å². The van der Waals surface area contributed by atoms with E-state index in [0.717, 1.165) is 28.6 Å². The topological polar surface area (TPSA) is 65.4 Å². The number of nitrogen functional groups attached to an aromatic ring is 1. The van der Waals surface area contributed by atoms with Gasteiger partial charge in [0.1, 0.15) is 16.6 Å². The molecule has 0 amide bonds. The minimum Gasteiger partial charge on any atom is -0.497 e. The summed E-state index contributed by atoms with van der Waals surface area (Å²) in [7, 11) is 1.68. The first kappa shape index (κ1) is 12.0. The van der Waals surface area contributed by atoms with Crippen LogP contribution in [-0.4, -0.2) is 21.7 Å². The van der Waals surface area contributed by atoms with Gasteiger partial charge in [0, 0.05) is 6.42 Å². The highest BCUT2D eigenvalue weighted by Crippen LogP contribution is 2.19. The number of benzene rings is 1. The fourth-order valence-electron chi connectivity index (χ4n) is 1.94. The average Bonchev–Trinajstić information content (AvgIpc) is 2.93. The number of rotatable bonds is 4. The zero-order valence-electron chi connectivity index (χ0n) is 10.5. The van der Waals surface area contributed by atoms with Gasteiger partial charge in [-0.2, -0.15) is 5.10 Å². The van der Waals surface area contributed by atoms with Gasteiger partial charge in [-0.25, -0.2) is 9.50 Å². The van der Waals surface area contributed by atoms with Crippen LogP contribution in [-0.2, 0) is 12.8 Å². The molecule has 0 unspecified atom stereocenters. The summed E-state index contributed by atoms with van der Waals surface area (Å²) in [6, 6.07) is 8.10. The minimum absolute atomic E-state index is 0.512. The number of anilines is 1. The third-order valence-electron chi connectivity index (χ3n) is 2.87. The van der Waals surface area contributed by atoms with E-state index < -0.39 is 0 Å². The lowest BCUT2D eigenvalue weighted by molar-refractivity contribution is 0.414. The van der Waals surface area contributed by atoms with Crippen LogP contribution in [0.25, 0.3) is 4.96 Å². The number of nitrogens with zero attached hydrogens (tertiary/aromatic N) is 3. The maximum atomic E-state index is 5.60. The summed E-state index contributed by atoms with van der Waals surface area (Å²) in [6.45, 7) is 0. The molecule has 0 aliphatic rings. The van der Waals surface area contributed by atoms with Crippen molar-refractivity contribution in [2.75, 3.05) is 12.8 Å². The van der Waals surface area contributed by atoms with Crippen molar-refractivity contribution in [2.45, 2.75) is 12.8 Å². The third-order valence-corrected chi connectivity index (χ3v) is 3.85. The molecule has 0 radical (unpaired) electrons. The molecule has 0 aliphatic heterocycles. The van der Waals surface area contributed by atoms with Crippen molar-refractivity contribution in [3.63, 3.8) is 0 Å². The summed E-state index contributed by atoms with van der Waals surface area (Å²) in [5.74, 6) is 1.40. The molecule has 19 heavy (non-hydrogen) atoms. The number of hydrogen-bond donors (Lipinski definition) is 1. The van der Waals surface area contributed by atoms with Crippen LogP contribution in [0, 0.1) is 0 Å². The van der Waals surface area contributed by atoms with Crippen molar-refractivity contribution in [2.24, 2.45) is 0 Å². The zero-order valence-corrected chi connectivity index (χ0v) is 11.4. The van der Waals surface area contributed by atoms with Crippen LogP contribution in [0.4, 0.5) is 5.82 Å². The predicted octanol–water partition coefficient (Wildman–Crippen LogP) is 2.17. The van der Waals surface area contributed by atoms with Gasteiger partial charge in [-0.3, -0.25) is 0 Å². The highest BCUT2D eigenvalue weighted by atomic mass is 32.1. The summed E-state index contributed by atoms with van der Waals surface area (Å²) >= 11 is 1.58. The first-order chi connectivity index (χ1) is 9.24. The molecule has 0 fully saturated rings. The van der Waals surface area contributed by atoms with E-state index in [0.29, 0.717) is 5.82 Å². The van der Waals surface area contributed by atoms with Gasteiger partial charge in [0.15, 0.2) is 0 Å². The molecular formula is C13H14N4OS. The maximum absolute atomic E-state index is 5.60. The Labute approximate surface area is 114 Å². The SMILES string of the molecule is COc1cccc(CCc2nn3cc(N)nc3s2)c1. The molecule has 2 aromatic heterocycles. The number of hydrogen-bond acceptors (Lipinski definition) is 5. The van der Waals surface area contributed by atoms with Crippen LogP contribution in [0.5, 0.6) is 5.75 Å². The molecule has 3 aromatic rings. The largest absolute Gasteiger partial charge is 0.497 e. The Hall–Kier alpha value is -2.08. The fraction of sp³-hybridized carbons (Fsp3) is 0.231. The van der Waals surface area contributed by atoms with Crippen molar-refractivity contribution >= 4 is 22.1 Å². The van der Waals surface area contributed by atoms with Gasteiger partial charge in [-0.05, 0) is 24.1 Å². The van der Waals surface area contributed by atoms with Crippen LogP contribution < -0.4 is 10.5 Å². The quantitative estimate of drug-likeness (QED) is 0.792. The summed E-state index contributed by atoms with van der Waals surface area (Å²) in [5.41, 5.74) is 6.85. The number of aromatic nitrogens is 3. The minimum atomic E-state index is 0.512. The second kappa shape index (κ2) is 4.89. The molecule has 0 saturated heterocycles. The Morgan fingerprint density at radius 1 is 1.37 bits per heavy atom. The second-order valence-electron chi connectivity index (χ2n) is 4.24. The standard InChI is InChI=1S/C13H14N4OS/c1-18-10-4-2-3-9(7-10)5-6-12-16-17-8-11(14)15-13(17)19-12/h2-4,7-8H,5-6,14H2,1H3. The van der Waals surface area contributed by atoms with Gasteiger partial charge in [-0.15, -0.1) is 0 Å². The van der Waals surface area contributed by atoms with E-state index in [2.05, 4.69) is 22.2 Å². The number of methoxy groups -OCH3 is 1. The first-order valence-electron chi connectivity index (χ1n) is 5.98. The van der Waals surface area contributed by atoms with Gasteiger partial charge in [0.25, 0.3) is 0 Å². The molecule has 3 rings (SSSR count). The fourth-order valence-corrected chi connectivity index (χ4v) is 2.82. The molecular weight excluding hydrogens is 260 g/mol. The van der Waals surface area contributed by atoms with Gasteiger partial charge >= 0.3 is 0 Å². The molecule has 0 saturated carbocycles. The number of nitrogens with two attached hydrogens (primary N) is 1. The maximum Gasteiger partial charge on any atom is 0.214 e. The molecule has 1 aromatic carbocycles. The van der Waals surface area contributed by atoms with E-state index in [1.807, 2.05) is 12.1 Å². The molecule has 0 spiro atoms. The molecule has 0 atom stereocenters. The van der Waals surface area contributed by atoms with Crippen molar-refractivity contribution in [1.82, 2.24) is 14.6 Å². The van der Waals surface area contributed by atoms with E-state index in [1.165, 1.54) is 5.56 Å². The van der Waals surface area contributed by atoms with E-state index >= 15 is 0 Å². The highest BCUT2D eigenvalue weighted by molar-refractivity contribution is 7.16. The molecule has 2 heterocycles. The van der Waals surface area contributed by atoms with Crippen LogP contribution in [0.2, 0.25) is 0 Å². The van der Waals surface area contributed by atoms with Crippen molar-refractivity contribution in [3.05, 3.63) is 41.0 Å². The average molecular weight is 274 g/mol. The molecule has 2 N–H and O–H groups in total. The van der Waals surface area contributed by atoms with E-state index in [9.17, 15) is 0 Å². The van der Waals surface area contributed by atoms with Gasteiger partial charge < -0.3 is 10.5 Å². The second-order valence-corrected chi connectivity index (χ2v) is 5.28. The Bertz CT molecular complexity index is 672. The number of imidazole rings is 1. The Morgan fingerprint density at radius 3 is 3.05 bits per heavy atom. The van der Waals surface area contributed by atoms with Crippen molar-refractivity contribution in [1.29, 1.82) is 0 Å². The summed E-state index contributed by atoms with van der Waals surface area (Å²) in [6.07, 6.45) is 3.56. The summed E-state index contributed by atoms with van der Waals surface area (Å²) in [5, 5.41) is 5.51. The Balaban J connectivity index is 1.72. The normalized spacial score (nSPS) is 11.0. The number of ether oxygens (including phenoxy) is 1. The Kier molecular flexibility index (Phi) is 3.08. The molecule has 6 heteroatoms. The van der Waals surface area contributed by atoms with E-state index in [4.69, 9.17) is 10.5 Å². The molecule has 0 aliphatic carbocycles. The lowest BCUT2D eigenvalue weighted by atomic mass is 10.1. The van der Waals surface area contributed by atoms with Crippen molar-refractivity contribution in [3.8, 4) is 5.75 Å². The predicted molar refractivity (Wildman–Crippen MR) is 75.7 cm³/mol. The van der Waals surface area contributed by atoms with E-state index in [1.54, 1.807) is 29.2 Å². The first-order valence-corrected chi connectivity index (χ1v) is 6.80. The zero-order chi connectivity index (χ0) is 13.2. The van der Waals surface area contributed by atoms with Crippen LogP contribution >= 0.6 is 11.3 Å². The lowest BCUT2D eigenvalue weighted by Crippen LogP contribution is -1.93. The summed E-state index contributed by atoms with van der Waals surface area (Å²) < 4.78 is 6.95. The molecule has 0 bridgehead atoms. The lowest BCUT2D eigenvalue weighted by Gasteiger charge is -2.02. The van der Waals surface area contributed by atoms with Crippen LogP contribution in [0.1, 0.15) is 10.6 Å². The highest BCUT2D eigenvalue weighted by Gasteiger charge is 2.07.